The fourth-order valence-corrected chi connectivity index (χ4v) is 19.2. The number of aliphatic carboxylic acids is 1. The molecule has 2 rings (SSSR count). The van der Waals surface area contributed by atoms with Crippen molar-refractivity contribution in [2.45, 2.75) is 0 Å². The average Bonchev–Trinajstić information content (AvgIpc) is 2.36. The Morgan fingerprint density at radius 2 is 1.93 bits per heavy atom. The molecule has 0 aromatic heterocycles. The van der Waals surface area contributed by atoms with E-state index in [2.05, 4.69) is 37.4 Å². The summed E-state index contributed by atoms with van der Waals surface area (Å²) >= 11 is 10.7. The number of fused-ring (bicyclic) bond motifs is 1. The summed E-state index contributed by atoms with van der Waals surface area (Å²) in [4.78, 5) is 11.2. The maximum absolute atomic E-state index is 11.2. The Kier molecular flexibility index (Phi) is 3.59. The normalized spacial score (nSPS) is 19.9. The van der Waals surface area contributed by atoms with Gasteiger partial charge in [0.15, 0.2) is 0 Å². The van der Waals surface area contributed by atoms with Gasteiger partial charge in [0, 0.05) is 0 Å². The number of halogens is 3. The van der Waals surface area contributed by atoms with Crippen molar-refractivity contribution in [3.63, 3.8) is 0 Å². The van der Waals surface area contributed by atoms with Crippen LogP contribution in [0.5, 0.6) is 0 Å². The van der Waals surface area contributed by atoms with Gasteiger partial charge >= 0.3 is 117 Å². The molecule has 2 nitrogen and oxygen atoms in total. The molecular weight excluding hydrogens is 557 g/mol. The van der Waals surface area contributed by atoms with Gasteiger partial charge in [0.05, 0.1) is 0 Å². The van der Waals surface area contributed by atoms with Crippen molar-refractivity contribution in [1.29, 1.82) is 0 Å². The van der Waals surface area contributed by atoms with Crippen molar-refractivity contribution < 1.29 is 9.90 Å². The van der Waals surface area contributed by atoms with E-state index in [1.807, 2.05) is 24.3 Å². The van der Waals surface area contributed by atoms with Gasteiger partial charge in [-0.3, -0.25) is 0 Å². The Balaban J connectivity index is 2.74. The van der Waals surface area contributed by atoms with Gasteiger partial charge in [0.25, 0.3) is 0 Å². The van der Waals surface area contributed by atoms with Crippen LogP contribution in [0, 0.1) is 0 Å². The molecule has 0 atom stereocenters. The first-order valence-corrected chi connectivity index (χ1v) is 20.2. The zero-order valence-corrected chi connectivity index (χ0v) is 14.6. The van der Waals surface area contributed by atoms with Crippen LogP contribution in [0.15, 0.2) is 27.9 Å². The molecule has 1 N–H and O–H groups in total. The van der Waals surface area contributed by atoms with Crippen molar-refractivity contribution in [2.24, 2.45) is 0 Å². The van der Waals surface area contributed by atoms with E-state index >= 15 is 0 Å². The van der Waals surface area contributed by atoms with E-state index in [4.69, 9.17) is 11.6 Å². The molecule has 0 spiro atoms. The average molecular weight is 562 g/mol. The maximum atomic E-state index is 11.2. The molecule has 1 aromatic rings. The van der Waals surface area contributed by atoms with Crippen LogP contribution in [0.1, 0.15) is 5.56 Å². The molecule has 15 heavy (non-hydrogen) atoms. The van der Waals surface area contributed by atoms with E-state index in [1.54, 1.807) is 0 Å². The second-order valence-corrected chi connectivity index (χ2v) is 37.4. The predicted octanol–water partition coefficient (Wildman–Crippen LogP) is 2.79. The van der Waals surface area contributed by atoms with Crippen LogP contribution in [0.3, 0.4) is 0 Å². The van der Waals surface area contributed by atoms with Gasteiger partial charge in [0.1, 0.15) is 0 Å². The Labute approximate surface area is 115 Å². The van der Waals surface area contributed by atoms with E-state index in [0.29, 0.717) is 8.65 Å². The van der Waals surface area contributed by atoms with Gasteiger partial charge in [-0.1, -0.05) is 0 Å². The summed E-state index contributed by atoms with van der Waals surface area (Å²) in [7, 11) is -2.70. The summed E-state index contributed by atoms with van der Waals surface area (Å²) < 4.78 is 1.59. The molecule has 0 bridgehead atoms. The molecule has 0 saturated carbocycles. The zero-order valence-electron chi connectivity index (χ0n) is 7.21. The van der Waals surface area contributed by atoms with E-state index in [9.17, 15) is 9.90 Å². The minimum atomic E-state index is -2.70. The zero-order chi connectivity index (χ0) is 11.2. The van der Waals surface area contributed by atoms with Gasteiger partial charge in [-0.2, -0.15) is 0 Å². The second-order valence-electron chi connectivity index (χ2n) is 2.91. The first-order chi connectivity index (χ1) is 6.96. The number of carbonyl (C=O) groups is 1. The van der Waals surface area contributed by atoms with Crippen LogP contribution in [-0.2, 0) is 4.79 Å². The third-order valence-electron chi connectivity index (χ3n) is 2.05. The molecule has 1 aliphatic heterocycles. The van der Waals surface area contributed by atoms with E-state index < -0.39 is 16.3 Å². The Morgan fingerprint density at radius 1 is 1.33 bits per heavy atom. The first-order valence-electron chi connectivity index (χ1n) is 3.91. The standard InChI is InChI=1S/C9H5ClI2O2Te/c10-7-5-3-1-2-4-6(5)15(11,12)8(7)9(13)14/h1-4H,(H,13,14). The molecular formula is C9H5ClI2O2Te. The van der Waals surface area contributed by atoms with Gasteiger partial charge < -0.3 is 0 Å². The van der Waals surface area contributed by atoms with Gasteiger partial charge in [-0.05, 0) is 0 Å². The summed E-state index contributed by atoms with van der Waals surface area (Å²) in [6.45, 7) is 0. The molecule has 0 unspecified atom stereocenters. The second kappa shape index (κ2) is 4.33. The number of hydrogen-bond acceptors (Lipinski definition) is 1. The van der Waals surface area contributed by atoms with Crippen LogP contribution >= 0.6 is 49.0 Å². The molecule has 0 radical (unpaired) electrons. The Morgan fingerprint density at radius 3 is 2.47 bits per heavy atom. The summed E-state index contributed by atoms with van der Waals surface area (Å²) in [5.41, 5.74) is 0.904. The van der Waals surface area contributed by atoms with Crippen LogP contribution in [0.2, 0.25) is 0 Å². The van der Waals surface area contributed by atoms with Crippen molar-refractivity contribution in [3.8, 4) is 0 Å². The summed E-state index contributed by atoms with van der Waals surface area (Å²) in [6, 6.07) is 7.71. The number of rotatable bonds is 1. The van der Waals surface area contributed by atoms with Gasteiger partial charge in [-0.25, -0.2) is 0 Å². The Hall–Kier alpha value is 0.970. The SMILES string of the molecule is O=C(O)C1=C(Cl)c2ccccc2[Te]1(I)I. The molecule has 1 heterocycles. The number of benzene rings is 1. The Bertz CT molecular complexity index is 485. The molecule has 80 valence electrons. The molecule has 6 heteroatoms. The van der Waals surface area contributed by atoms with E-state index in [1.165, 1.54) is 0 Å². The number of carboxylic acid groups (broad SMARTS) is 1. The van der Waals surface area contributed by atoms with Crippen LogP contribution < -0.4 is 3.61 Å². The van der Waals surface area contributed by atoms with Gasteiger partial charge in [0.2, 0.25) is 0 Å². The quantitative estimate of drug-likeness (QED) is 0.423. The molecule has 0 fully saturated rings. The summed E-state index contributed by atoms with van der Waals surface area (Å²) in [6.07, 6.45) is 0. The van der Waals surface area contributed by atoms with Crippen LogP contribution in [0.4, 0.5) is 0 Å². The van der Waals surface area contributed by atoms with Crippen LogP contribution in [-0.4, -0.2) is 21.4 Å². The monoisotopic (exact) mass is 564 g/mol. The fourth-order valence-electron chi connectivity index (χ4n) is 1.42. The molecule has 0 saturated heterocycles. The molecule has 1 aromatic carbocycles. The van der Waals surface area contributed by atoms with Crippen molar-refractivity contribution in [3.05, 3.63) is 33.4 Å². The first kappa shape index (κ1) is 12.4. The third-order valence-corrected chi connectivity index (χ3v) is 20.2. The topological polar surface area (TPSA) is 37.3 Å². The fraction of sp³-hybridized carbons (Fsp3) is 0. The van der Waals surface area contributed by atoms with Crippen molar-refractivity contribution >= 4 is 73.9 Å². The van der Waals surface area contributed by atoms with Crippen LogP contribution in [0.25, 0.3) is 5.03 Å². The molecule has 1 aliphatic rings. The van der Waals surface area contributed by atoms with Crippen molar-refractivity contribution in [1.82, 2.24) is 0 Å². The van der Waals surface area contributed by atoms with E-state index in [-0.39, 0.29) is 0 Å². The summed E-state index contributed by atoms with van der Waals surface area (Å²) in [5.74, 6) is -0.874. The summed E-state index contributed by atoms with van der Waals surface area (Å²) in [5, 5.41) is 9.62. The number of carboxylic acids is 1. The van der Waals surface area contributed by atoms with Gasteiger partial charge in [-0.15, -0.1) is 0 Å². The van der Waals surface area contributed by atoms with E-state index in [0.717, 1.165) is 9.17 Å². The number of hydrogen-bond donors (Lipinski definition) is 1. The van der Waals surface area contributed by atoms with Crippen molar-refractivity contribution in [2.75, 3.05) is 0 Å². The third kappa shape index (κ3) is 1.95. The minimum absolute atomic E-state index is 0.433. The molecule has 0 aliphatic carbocycles. The predicted molar refractivity (Wildman–Crippen MR) is 80.3 cm³/mol. The molecule has 0 amide bonds.